The average Bonchev–Trinajstić information content (AvgIpc) is 3.40. The molecule has 126 valence electrons. The van der Waals surface area contributed by atoms with Crippen LogP contribution >= 0.6 is 34.0 Å². The van der Waals surface area contributed by atoms with Gasteiger partial charge < -0.3 is 9.26 Å². The van der Waals surface area contributed by atoms with E-state index in [1.807, 2.05) is 40.4 Å². The van der Waals surface area contributed by atoms with Crippen LogP contribution in [-0.4, -0.2) is 21.1 Å². The number of carbonyl (C=O) groups is 1. The number of thiophene rings is 2. The maximum absolute atomic E-state index is 12.0. The molecule has 0 spiro atoms. The summed E-state index contributed by atoms with van der Waals surface area (Å²) in [7, 11) is 0. The first-order valence-electron chi connectivity index (χ1n) is 7.28. The van der Waals surface area contributed by atoms with Crippen LogP contribution < -0.4 is 0 Å². The van der Waals surface area contributed by atoms with Crippen LogP contribution in [-0.2, 0) is 22.6 Å². The molecule has 0 saturated carbocycles. The summed E-state index contributed by atoms with van der Waals surface area (Å²) in [6, 6.07) is 7.80. The molecular weight excluding hydrogens is 378 g/mol. The molecule has 0 fully saturated rings. The molecule has 0 N–H and O–H groups in total. The summed E-state index contributed by atoms with van der Waals surface area (Å²) < 4.78 is 10.3. The first-order chi connectivity index (χ1) is 12.3. The molecule has 0 radical (unpaired) electrons. The lowest BCUT2D eigenvalue weighted by molar-refractivity contribution is -0.144. The van der Waals surface area contributed by atoms with E-state index in [9.17, 15) is 4.79 Å². The van der Waals surface area contributed by atoms with Crippen molar-refractivity contribution < 1.29 is 14.1 Å². The highest BCUT2D eigenvalue weighted by Crippen LogP contribution is 2.28. The Morgan fingerprint density at radius 1 is 1.08 bits per heavy atom. The SMILES string of the molecule is O=C(Cc1csc(-c2cccs2)n1)OCc1nc(-c2cccs2)no1. The van der Waals surface area contributed by atoms with Gasteiger partial charge in [0.25, 0.3) is 5.89 Å². The summed E-state index contributed by atoms with van der Waals surface area (Å²) in [5, 5.41) is 10.6. The van der Waals surface area contributed by atoms with Gasteiger partial charge in [-0.2, -0.15) is 4.98 Å². The quantitative estimate of drug-likeness (QED) is 0.458. The van der Waals surface area contributed by atoms with Gasteiger partial charge >= 0.3 is 5.97 Å². The van der Waals surface area contributed by atoms with Crippen molar-refractivity contribution in [1.82, 2.24) is 15.1 Å². The second-order valence-corrected chi connectivity index (χ2v) is 7.70. The lowest BCUT2D eigenvalue weighted by Crippen LogP contribution is -2.08. The van der Waals surface area contributed by atoms with E-state index >= 15 is 0 Å². The fourth-order valence-corrected chi connectivity index (χ4v) is 4.35. The number of rotatable bonds is 6. The van der Waals surface area contributed by atoms with E-state index in [0.29, 0.717) is 11.5 Å². The van der Waals surface area contributed by atoms with Gasteiger partial charge in [-0.15, -0.1) is 34.0 Å². The molecule has 0 aromatic carbocycles. The van der Waals surface area contributed by atoms with Gasteiger partial charge in [0.05, 0.1) is 21.9 Å². The lowest BCUT2D eigenvalue weighted by atomic mass is 10.3. The van der Waals surface area contributed by atoms with Gasteiger partial charge in [-0.25, -0.2) is 4.98 Å². The summed E-state index contributed by atoms with van der Waals surface area (Å²) in [6.07, 6.45) is 0.119. The molecule has 25 heavy (non-hydrogen) atoms. The number of esters is 1. The van der Waals surface area contributed by atoms with Crippen molar-refractivity contribution in [2.24, 2.45) is 0 Å². The second kappa shape index (κ2) is 7.26. The van der Waals surface area contributed by atoms with Crippen molar-refractivity contribution in [3.05, 3.63) is 52.0 Å². The monoisotopic (exact) mass is 389 g/mol. The van der Waals surface area contributed by atoms with E-state index < -0.39 is 0 Å². The molecule has 9 heteroatoms. The van der Waals surface area contributed by atoms with E-state index in [4.69, 9.17) is 9.26 Å². The summed E-state index contributed by atoms with van der Waals surface area (Å²) in [5.74, 6) is 0.398. The van der Waals surface area contributed by atoms with Gasteiger partial charge in [0.1, 0.15) is 5.01 Å². The van der Waals surface area contributed by atoms with Crippen molar-refractivity contribution in [3.8, 4) is 20.6 Å². The number of aromatic nitrogens is 3. The molecule has 0 unspecified atom stereocenters. The molecule has 0 saturated heterocycles. The highest BCUT2D eigenvalue weighted by Gasteiger charge is 2.14. The van der Waals surface area contributed by atoms with Crippen molar-refractivity contribution in [2.75, 3.05) is 0 Å². The fourth-order valence-electron chi connectivity index (χ4n) is 2.06. The molecule has 4 aromatic heterocycles. The van der Waals surface area contributed by atoms with Gasteiger partial charge in [-0.05, 0) is 22.9 Å². The van der Waals surface area contributed by atoms with Crippen LogP contribution in [0.15, 0.2) is 44.9 Å². The zero-order valence-electron chi connectivity index (χ0n) is 12.7. The first-order valence-corrected chi connectivity index (χ1v) is 9.92. The maximum atomic E-state index is 12.0. The standard InChI is InChI=1S/C16H11N3O3S3/c20-14(7-10-9-25-16(17-10)12-4-2-6-24-12)21-8-13-18-15(19-22-13)11-3-1-5-23-11/h1-6,9H,7-8H2. The molecule has 0 aliphatic heterocycles. The summed E-state index contributed by atoms with van der Waals surface area (Å²) in [5.41, 5.74) is 0.697. The molecule has 0 bridgehead atoms. The van der Waals surface area contributed by atoms with E-state index in [2.05, 4.69) is 15.1 Å². The smallest absolute Gasteiger partial charge is 0.312 e. The minimum absolute atomic E-state index is 0.0425. The van der Waals surface area contributed by atoms with Gasteiger partial charge in [-0.1, -0.05) is 17.3 Å². The largest absolute Gasteiger partial charge is 0.455 e. The molecule has 0 aliphatic rings. The predicted octanol–water partition coefficient (Wildman–Crippen LogP) is 4.27. The van der Waals surface area contributed by atoms with Gasteiger partial charge in [-0.3, -0.25) is 4.79 Å². The van der Waals surface area contributed by atoms with Crippen LogP contribution in [0.4, 0.5) is 0 Å². The Balaban J connectivity index is 1.32. The Labute approximate surface area is 154 Å². The fraction of sp³-hybridized carbons (Fsp3) is 0.125. The Kier molecular flexibility index (Phi) is 4.68. The molecule has 4 aromatic rings. The third kappa shape index (κ3) is 3.84. The Morgan fingerprint density at radius 3 is 2.64 bits per heavy atom. The Bertz CT molecular complexity index is 958. The van der Waals surface area contributed by atoms with Gasteiger partial charge in [0, 0.05) is 5.38 Å². The zero-order valence-corrected chi connectivity index (χ0v) is 15.2. The van der Waals surface area contributed by atoms with Crippen LogP contribution in [0.1, 0.15) is 11.6 Å². The van der Waals surface area contributed by atoms with Crippen LogP contribution in [0.25, 0.3) is 20.6 Å². The van der Waals surface area contributed by atoms with Crippen molar-refractivity contribution in [3.63, 3.8) is 0 Å². The van der Waals surface area contributed by atoms with E-state index in [1.165, 1.54) is 22.7 Å². The summed E-state index contributed by atoms with van der Waals surface area (Å²) >= 11 is 4.66. The average molecular weight is 389 g/mol. The van der Waals surface area contributed by atoms with Gasteiger partial charge in [0.2, 0.25) is 5.82 Å². The zero-order chi connectivity index (χ0) is 17.1. The number of ether oxygens (including phenoxy) is 1. The predicted molar refractivity (Wildman–Crippen MR) is 96.5 cm³/mol. The molecule has 6 nitrogen and oxygen atoms in total. The Hall–Kier alpha value is -2.36. The second-order valence-electron chi connectivity index (χ2n) is 4.95. The first kappa shape index (κ1) is 16.1. The molecule has 0 atom stereocenters. The van der Waals surface area contributed by atoms with Crippen molar-refractivity contribution in [2.45, 2.75) is 13.0 Å². The third-order valence-electron chi connectivity index (χ3n) is 3.18. The van der Waals surface area contributed by atoms with Crippen molar-refractivity contribution >= 4 is 40.0 Å². The molecule has 0 amide bonds. The normalized spacial score (nSPS) is 10.9. The highest BCUT2D eigenvalue weighted by atomic mass is 32.1. The van der Waals surface area contributed by atoms with Crippen LogP contribution in [0.2, 0.25) is 0 Å². The Morgan fingerprint density at radius 2 is 1.88 bits per heavy atom. The highest BCUT2D eigenvalue weighted by molar-refractivity contribution is 7.20. The van der Waals surface area contributed by atoms with Gasteiger partial charge in [0.15, 0.2) is 6.61 Å². The maximum Gasteiger partial charge on any atom is 0.312 e. The third-order valence-corrected chi connectivity index (χ3v) is 5.97. The number of thiazole rings is 1. The van der Waals surface area contributed by atoms with Crippen LogP contribution in [0, 0.1) is 0 Å². The molecule has 4 heterocycles. The van der Waals surface area contributed by atoms with E-state index in [0.717, 1.165) is 14.8 Å². The minimum atomic E-state index is -0.376. The van der Waals surface area contributed by atoms with E-state index in [-0.39, 0.29) is 24.9 Å². The number of hydrogen-bond donors (Lipinski definition) is 0. The summed E-state index contributed by atoms with van der Waals surface area (Å²) in [6.45, 7) is -0.0425. The number of hydrogen-bond acceptors (Lipinski definition) is 9. The van der Waals surface area contributed by atoms with Crippen LogP contribution in [0.5, 0.6) is 0 Å². The summed E-state index contributed by atoms with van der Waals surface area (Å²) in [4.78, 5) is 22.7. The van der Waals surface area contributed by atoms with Crippen molar-refractivity contribution in [1.29, 1.82) is 0 Å². The minimum Gasteiger partial charge on any atom is -0.455 e. The lowest BCUT2D eigenvalue weighted by Gasteiger charge is -1.99. The number of nitrogens with zero attached hydrogens (tertiary/aromatic N) is 3. The molecule has 0 aliphatic carbocycles. The number of carbonyl (C=O) groups excluding carboxylic acids is 1. The topological polar surface area (TPSA) is 78.1 Å². The van der Waals surface area contributed by atoms with Crippen LogP contribution in [0.3, 0.4) is 0 Å². The molecule has 4 rings (SSSR count). The molecular formula is C16H11N3O3S3. The van der Waals surface area contributed by atoms with E-state index in [1.54, 1.807) is 11.3 Å².